The molecule has 1 aliphatic heterocycles. The molecule has 1 rings (SSSR count). The summed E-state index contributed by atoms with van der Waals surface area (Å²) < 4.78 is 34.1. The molecule has 0 bridgehead atoms. The molecular weight excluding hydrogens is 260 g/mol. The average molecular weight is 280 g/mol. The average Bonchev–Trinajstić information content (AvgIpc) is 2.32. The fourth-order valence-corrected chi connectivity index (χ4v) is 4.98. The van der Waals surface area contributed by atoms with E-state index in [1.165, 1.54) is 0 Å². The quantitative estimate of drug-likeness (QED) is 0.547. The van der Waals surface area contributed by atoms with E-state index in [4.69, 9.17) is 9.47 Å². The predicted molar refractivity (Wildman–Crippen MR) is 70.4 cm³/mol. The summed E-state index contributed by atoms with van der Waals surface area (Å²) in [7, 11) is 1.16. The van der Waals surface area contributed by atoms with Gasteiger partial charge in [-0.05, 0) is 25.7 Å². The van der Waals surface area contributed by atoms with Crippen LogP contribution in [0.2, 0.25) is 0 Å². The van der Waals surface area contributed by atoms with Gasteiger partial charge in [-0.25, -0.2) is 0 Å². The van der Waals surface area contributed by atoms with Gasteiger partial charge in [0.2, 0.25) is 0 Å². The minimum absolute atomic E-state index is 0.184. The van der Waals surface area contributed by atoms with E-state index >= 15 is 0 Å². The number of rotatable bonds is 6. The lowest BCUT2D eigenvalue weighted by Gasteiger charge is -2.14. The first-order chi connectivity index (χ1) is 8.19. The Hall–Kier alpha value is -0.0400. The summed E-state index contributed by atoms with van der Waals surface area (Å²) in [4.78, 5) is 0. The van der Waals surface area contributed by atoms with Gasteiger partial charge in [-0.2, -0.15) is 0 Å². The van der Waals surface area contributed by atoms with Gasteiger partial charge in [0, 0.05) is 25.7 Å². The molecule has 100 valence electrons. The lowest BCUT2D eigenvalue weighted by atomic mass is 10.2. The van der Waals surface area contributed by atoms with Crippen molar-refractivity contribution in [2.24, 2.45) is 0 Å². The fourth-order valence-electron chi connectivity index (χ4n) is 1.65. The molecule has 6 heteroatoms. The van der Waals surface area contributed by atoms with Crippen LogP contribution in [-0.4, -0.2) is 40.4 Å². The molecule has 17 heavy (non-hydrogen) atoms. The van der Waals surface area contributed by atoms with Crippen LogP contribution in [0.15, 0.2) is 10.3 Å². The third-order valence-electron chi connectivity index (χ3n) is 2.59. The molecule has 0 radical (unpaired) electrons. The maximum atomic E-state index is 11.6. The van der Waals surface area contributed by atoms with E-state index in [1.54, 1.807) is 14.2 Å². The van der Waals surface area contributed by atoms with Crippen LogP contribution < -0.4 is 0 Å². The van der Waals surface area contributed by atoms with E-state index in [2.05, 4.69) is 0 Å². The van der Waals surface area contributed by atoms with Gasteiger partial charge in [-0.15, -0.1) is 0 Å². The minimum Gasteiger partial charge on any atom is -0.356 e. The van der Waals surface area contributed by atoms with Gasteiger partial charge in [0.15, 0.2) is 6.29 Å². The Kier molecular flexibility index (Phi) is 7.18. The van der Waals surface area contributed by atoms with Crippen molar-refractivity contribution >= 4 is 21.6 Å². The highest BCUT2D eigenvalue weighted by Gasteiger charge is 2.20. The van der Waals surface area contributed by atoms with Crippen molar-refractivity contribution in [3.63, 3.8) is 0 Å². The Morgan fingerprint density at radius 2 is 1.82 bits per heavy atom. The van der Waals surface area contributed by atoms with Crippen LogP contribution in [0, 0.1) is 0 Å². The minimum atomic E-state index is -1.03. The summed E-state index contributed by atoms with van der Waals surface area (Å²) in [5.74, 6) is 1.30. The van der Waals surface area contributed by atoms with Crippen molar-refractivity contribution in [1.82, 2.24) is 0 Å². The van der Waals surface area contributed by atoms with Gasteiger partial charge in [-0.3, -0.25) is 8.42 Å². The monoisotopic (exact) mass is 280 g/mol. The van der Waals surface area contributed by atoms with Crippen LogP contribution >= 0.6 is 0 Å². The van der Waals surface area contributed by atoms with Gasteiger partial charge >= 0.3 is 0 Å². The van der Waals surface area contributed by atoms with Crippen LogP contribution in [0.25, 0.3) is 0 Å². The molecule has 0 aromatic rings. The standard InChI is InChI=1S/C11H20O4S2/c1-14-10(15-2)6-3-4-7-11-16(12)8-5-9-17(11)13/h7,10H,3-6,8-9H2,1-2H3/t16-,17-/m0/s1. The van der Waals surface area contributed by atoms with Crippen molar-refractivity contribution in [2.75, 3.05) is 25.7 Å². The first-order valence-corrected chi connectivity index (χ1v) is 8.35. The van der Waals surface area contributed by atoms with Crippen LogP contribution in [0.5, 0.6) is 0 Å². The fraction of sp³-hybridized carbons (Fsp3) is 0.818. The molecule has 0 aromatic carbocycles. The number of ether oxygens (including phenoxy) is 2. The molecule has 1 aliphatic rings. The number of allylic oxidation sites excluding steroid dienone is 1. The molecule has 0 aromatic heterocycles. The number of unbranched alkanes of at least 4 members (excludes halogenated alkanes) is 1. The SMILES string of the molecule is COC(CCCC=C1[S@@](=O)CCC[S@@]1=O)OC. The Balaban J connectivity index is 2.37. The molecule has 0 amide bonds. The van der Waals surface area contributed by atoms with Crippen molar-refractivity contribution in [2.45, 2.75) is 32.0 Å². The van der Waals surface area contributed by atoms with Gasteiger partial charge < -0.3 is 9.47 Å². The van der Waals surface area contributed by atoms with Gasteiger partial charge in [0.05, 0.1) is 25.8 Å². The molecule has 0 N–H and O–H groups in total. The van der Waals surface area contributed by atoms with Crippen molar-refractivity contribution in [3.8, 4) is 0 Å². The summed E-state index contributed by atoms with van der Waals surface area (Å²) >= 11 is 0. The molecule has 0 spiro atoms. The molecule has 1 fully saturated rings. The summed E-state index contributed by atoms with van der Waals surface area (Å²) in [5, 5.41) is 0. The predicted octanol–water partition coefficient (Wildman–Crippen LogP) is 1.52. The Bertz CT molecular complexity index is 293. The van der Waals surface area contributed by atoms with Crippen molar-refractivity contribution < 1.29 is 17.9 Å². The zero-order valence-electron chi connectivity index (χ0n) is 10.3. The maximum Gasteiger partial charge on any atom is 0.156 e. The Morgan fingerprint density at radius 1 is 1.24 bits per heavy atom. The van der Waals surface area contributed by atoms with Crippen molar-refractivity contribution in [3.05, 3.63) is 10.3 Å². The number of hydrogen-bond donors (Lipinski definition) is 0. The zero-order valence-corrected chi connectivity index (χ0v) is 12.0. The van der Waals surface area contributed by atoms with Crippen LogP contribution in [0.3, 0.4) is 0 Å². The molecule has 4 nitrogen and oxygen atoms in total. The largest absolute Gasteiger partial charge is 0.356 e. The van der Waals surface area contributed by atoms with E-state index < -0.39 is 21.6 Å². The van der Waals surface area contributed by atoms with E-state index in [0.29, 0.717) is 15.7 Å². The summed E-state index contributed by atoms with van der Waals surface area (Å²) in [5.41, 5.74) is 0. The van der Waals surface area contributed by atoms with Gasteiger partial charge in [-0.1, -0.05) is 6.08 Å². The summed E-state index contributed by atoms with van der Waals surface area (Å²) in [6.07, 6.45) is 4.92. The smallest absolute Gasteiger partial charge is 0.156 e. The highest BCUT2D eigenvalue weighted by atomic mass is 32.2. The van der Waals surface area contributed by atoms with E-state index in [0.717, 1.165) is 25.7 Å². The molecule has 2 atom stereocenters. The number of hydrogen-bond acceptors (Lipinski definition) is 4. The van der Waals surface area contributed by atoms with Gasteiger partial charge in [0.25, 0.3) is 0 Å². The summed E-state index contributed by atoms with van der Waals surface area (Å²) in [6, 6.07) is 0. The third-order valence-corrected chi connectivity index (χ3v) is 6.25. The molecular formula is C11H20O4S2. The Labute approximate surface area is 108 Å². The second-order valence-corrected chi connectivity index (χ2v) is 7.14. The molecule has 0 aliphatic carbocycles. The van der Waals surface area contributed by atoms with Gasteiger partial charge in [0.1, 0.15) is 0 Å². The van der Waals surface area contributed by atoms with Crippen LogP contribution in [-0.2, 0) is 31.1 Å². The van der Waals surface area contributed by atoms with E-state index in [-0.39, 0.29) is 6.29 Å². The lowest BCUT2D eigenvalue weighted by Crippen LogP contribution is -2.17. The number of methoxy groups -OCH3 is 2. The molecule has 0 unspecified atom stereocenters. The highest BCUT2D eigenvalue weighted by Crippen LogP contribution is 2.18. The molecule has 1 saturated heterocycles. The van der Waals surface area contributed by atoms with Crippen LogP contribution in [0.1, 0.15) is 25.7 Å². The highest BCUT2D eigenvalue weighted by molar-refractivity contribution is 8.09. The maximum absolute atomic E-state index is 11.6. The zero-order chi connectivity index (χ0) is 12.7. The Morgan fingerprint density at radius 3 is 2.35 bits per heavy atom. The second kappa shape index (κ2) is 8.13. The summed E-state index contributed by atoms with van der Waals surface area (Å²) in [6.45, 7) is 0. The normalized spacial score (nSPS) is 25.2. The van der Waals surface area contributed by atoms with E-state index in [9.17, 15) is 8.42 Å². The first kappa shape index (κ1) is 15.0. The van der Waals surface area contributed by atoms with Crippen LogP contribution in [0.4, 0.5) is 0 Å². The third kappa shape index (κ3) is 4.99. The molecule has 0 saturated carbocycles. The first-order valence-electron chi connectivity index (χ1n) is 5.71. The second-order valence-electron chi connectivity index (χ2n) is 3.81. The van der Waals surface area contributed by atoms with E-state index in [1.807, 2.05) is 6.08 Å². The van der Waals surface area contributed by atoms with Crippen molar-refractivity contribution in [1.29, 1.82) is 0 Å². The molecule has 1 heterocycles. The topological polar surface area (TPSA) is 52.6 Å². The lowest BCUT2D eigenvalue weighted by molar-refractivity contribution is -0.106.